The number of carbonyl (C=O) groups is 1. The van der Waals surface area contributed by atoms with Gasteiger partial charge in [0.25, 0.3) is 0 Å². The Morgan fingerprint density at radius 1 is 0.758 bits per heavy atom. The predicted molar refractivity (Wildman–Crippen MR) is 126 cm³/mol. The molecule has 5 rings (SSSR count). The molecule has 1 aliphatic heterocycles. The van der Waals surface area contributed by atoms with Gasteiger partial charge in [0.15, 0.2) is 5.82 Å². The van der Waals surface area contributed by atoms with E-state index in [0.717, 1.165) is 35.7 Å². The van der Waals surface area contributed by atoms with Crippen molar-refractivity contribution in [1.82, 2.24) is 30.0 Å². The Hall–Kier alpha value is -3.84. The number of carbonyl (C=O) groups excluding carboxylic acids is 1. The van der Waals surface area contributed by atoms with Crippen LogP contribution in [-0.2, 0) is 11.3 Å². The highest BCUT2D eigenvalue weighted by molar-refractivity contribution is 5.87. The van der Waals surface area contributed by atoms with E-state index in [-0.39, 0.29) is 11.8 Å². The fourth-order valence-electron chi connectivity index (χ4n) is 4.35. The fraction of sp³-hybridized carbons (Fsp3) is 0.231. The second kappa shape index (κ2) is 9.75. The van der Waals surface area contributed by atoms with Crippen molar-refractivity contribution < 1.29 is 4.79 Å². The predicted octanol–water partition coefficient (Wildman–Crippen LogP) is 3.14. The number of piperazine rings is 1. The van der Waals surface area contributed by atoms with E-state index in [1.54, 1.807) is 4.68 Å². The molecule has 0 saturated carbocycles. The maximum atomic E-state index is 13.6. The number of benzene rings is 3. The average molecular weight is 439 g/mol. The molecule has 1 fully saturated rings. The zero-order chi connectivity index (χ0) is 22.5. The monoisotopic (exact) mass is 438 g/mol. The minimum atomic E-state index is -0.288. The molecular formula is C26H26N6O. The second-order valence-corrected chi connectivity index (χ2v) is 8.20. The number of aromatic nitrogens is 4. The van der Waals surface area contributed by atoms with Gasteiger partial charge in [-0.3, -0.25) is 9.69 Å². The third-order valence-electron chi connectivity index (χ3n) is 6.10. The summed E-state index contributed by atoms with van der Waals surface area (Å²) < 4.78 is 1.78. The lowest BCUT2D eigenvalue weighted by Gasteiger charge is -2.36. The maximum Gasteiger partial charge on any atom is 0.234 e. The van der Waals surface area contributed by atoms with Gasteiger partial charge in [-0.1, -0.05) is 78.9 Å². The van der Waals surface area contributed by atoms with Gasteiger partial charge in [0.2, 0.25) is 5.91 Å². The smallest absolute Gasteiger partial charge is 0.234 e. The standard InChI is InChI=1S/C26H26N6O/c33-26(25(21-10-4-1-5-11-21)22-12-6-2-7-13-22)31-18-16-30(17-19-31)20-24-27-28-29-32(24)23-14-8-3-9-15-23/h1-15,25H,16-20H2. The van der Waals surface area contributed by atoms with Crippen molar-refractivity contribution in [3.8, 4) is 5.69 Å². The summed E-state index contributed by atoms with van der Waals surface area (Å²) in [6.07, 6.45) is 0. The quantitative estimate of drug-likeness (QED) is 0.463. The number of amides is 1. The Balaban J connectivity index is 1.27. The van der Waals surface area contributed by atoms with Crippen LogP contribution < -0.4 is 0 Å². The summed E-state index contributed by atoms with van der Waals surface area (Å²) in [5, 5.41) is 12.2. The molecule has 0 spiro atoms. The van der Waals surface area contributed by atoms with Gasteiger partial charge in [0.1, 0.15) is 0 Å². The van der Waals surface area contributed by atoms with Gasteiger partial charge in [-0.05, 0) is 33.7 Å². The second-order valence-electron chi connectivity index (χ2n) is 8.20. The first-order valence-corrected chi connectivity index (χ1v) is 11.2. The summed E-state index contributed by atoms with van der Waals surface area (Å²) in [5.74, 6) is 0.665. The zero-order valence-corrected chi connectivity index (χ0v) is 18.4. The van der Waals surface area contributed by atoms with Crippen LogP contribution in [-0.4, -0.2) is 62.1 Å². The van der Waals surface area contributed by atoms with Crippen molar-refractivity contribution in [1.29, 1.82) is 0 Å². The number of hydrogen-bond acceptors (Lipinski definition) is 5. The van der Waals surface area contributed by atoms with Crippen molar-refractivity contribution in [2.24, 2.45) is 0 Å². The van der Waals surface area contributed by atoms with Crippen molar-refractivity contribution in [3.63, 3.8) is 0 Å². The molecule has 4 aromatic rings. The number of para-hydroxylation sites is 1. The van der Waals surface area contributed by atoms with E-state index >= 15 is 0 Å². The molecule has 1 aromatic heterocycles. The SMILES string of the molecule is O=C(C(c1ccccc1)c1ccccc1)N1CCN(Cc2nnnn2-c2ccccc2)CC1. The Labute approximate surface area is 193 Å². The highest BCUT2D eigenvalue weighted by Gasteiger charge is 2.30. The third kappa shape index (κ3) is 4.68. The molecule has 0 unspecified atom stereocenters. The number of hydrogen-bond donors (Lipinski definition) is 0. The zero-order valence-electron chi connectivity index (χ0n) is 18.4. The summed E-state index contributed by atoms with van der Waals surface area (Å²) in [6, 6.07) is 30.0. The van der Waals surface area contributed by atoms with E-state index in [1.165, 1.54) is 0 Å². The van der Waals surface area contributed by atoms with Crippen molar-refractivity contribution in [2.75, 3.05) is 26.2 Å². The maximum absolute atomic E-state index is 13.6. The molecule has 0 bridgehead atoms. The minimum absolute atomic E-state index is 0.154. The summed E-state index contributed by atoms with van der Waals surface area (Å²) >= 11 is 0. The van der Waals surface area contributed by atoms with Crippen LogP contribution in [0.5, 0.6) is 0 Å². The molecule has 33 heavy (non-hydrogen) atoms. The van der Waals surface area contributed by atoms with E-state index < -0.39 is 0 Å². The van der Waals surface area contributed by atoms with Gasteiger partial charge in [-0.2, -0.15) is 4.68 Å². The first-order valence-electron chi connectivity index (χ1n) is 11.2. The normalized spacial score (nSPS) is 14.5. The number of nitrogens with zero attached hydrogens (tertiary/aromatic N) is 6. The molecule has 0 aliphatic carbocycles. The summed E-state index contributed by atoms with van der Waals surface area (Å²) in [7, 11) is 0. The van der Waals surface area contributed by atoms with Gasteiger partial charge in [0, 0.05) is 26.2 Å². The Morgan fingerprint density at radius 3 is 1.88 bits per heavy atom. The largest absolute Gasteiger partial charge is 0.339 e. The molecular weight excluding hydrogens is 412 g/mol. The molecule has 1 saturated heterocycles. The highest BCUT2D eigenvalue weighted by Crippen LogP contribution is 2.27. The van der Waals surface area contributed by atoms with E-state index in [1.807, 2.05) is 95.9 Å². The molecule has 1 aliphatic rings. The third-order valence-corrected chi connectivity index (χ3v) is 6.10. The Kier molecular flexibility index (Phi) is 6.21. The van der Waals surface area contributed by atoms with Gasteiger partial charge in [-0.15, -0.1) is 5.10 Å². The summed E-state index contributed by atoms with van der Waals surface area (Å²) in [4.78, 5) is 17.9. The fourth-order valence-corrected chi connectivity index (χ4v) is 4.35. The highest BCUT2D eigenvalue weighted by atomic mass is 16.2. The van der Waals surface area contributed by atoms with Crippen molar-refractivity contribution >= 4 is 5.91 Å². The molecule has 0 N–H and O–H groups in total. The van der Waals surface area contributed by atoms with Crippen LogP contribution in [0.4, 0.5) is 0 Å². The summed E-state index contributed by atoms with van der Waals surface area (Å²) in [5.41, 5.74) is 3.00. The first-order chi connectivity index (χ1) is 16.3. The molecule has 2 heterocycles. The van der Waals surface area contributed by atoms with Crippen molar-refractivity contribution in [2.45, 2.75) is 12.5 Å². The number of rotatable bonds is 6. The molecule has 1 amide bonds. The molecule has 166 valence electrons. The van der Waals surface area contributed by atoms with Gasteiger partial charge in [0.05, 0.1) is 18.2 Å². The van der Waals surface area contributed by atoms with Crippen LogP contribution in [0, 0.1) is 0 Å². The van der Waals surface area contributed by atoms with Gasteiger partial charge in [-0.25, -0.2) is 0 Å². The van der Waals surface area contributed by atoms with E-state index in [0.29, 0.717) is 19.6 Å². The van der Waals surface area contributed by atoms with Crippen LogP contribution >= 0.6 is 0 Å². The lowest BCUT2D eigenvalue weighted by molar-refractivity contribution is -0.133. The van der Waals surface area contributed by atoms with E-state index in [2.05, 4.69) is 20.4 Å². The molecule has 7 nitrogen and oxygen atoms in total. The first kappa shape index (κ1) is 21.0. The lowest BCUT2D eigenvalue weighted by atomic mass is 9.90. The van der Waals surface area contributed by atoms with Crippen LogP contribution in [0.1, 0.15) is 22.9 Å². The van der Waals surface area contributed by atoms with Gasteiger partial charge < -0.3 is 4.90 Å². The average Bonchev–Trinajstić information content (AvgIpc) is 3.34. The van der Waals surface area contributed by atoms with E-state index in [9.17, 15) is 4.79 Å². The molecule has 0 radical (unpaired) electrons. The minimum Gasteiger partial charge on any atom is -0.339 e. The van der Waals surface area contributed by atoms with Crippen LogP contribution in [0.2, 0.25) is 0 Å². The number of tetrazole rings is 1. The molecule has 3 aromatic carbocycles. The Morgan fingerprint density at radius 2 is 1.30 bits per heavy atom. The molecule has 0 atom stereocenters. The molecule has 7 heteroatoms. The van der Waals surface area contributed by atoms with Gasteiger partial charge >= 0.3 is 0 Å². The topological polar surface area (TPSA) is 67.2 Å². The van der Waals surface area contributed by atoms with Crippen LogP contribution in [0.15, 0.2) is 91.0 Å². The summed E-state index contributed by atoms with van der Waals surface area (Å²) in [6.45, 7) is 3.57. The van der Waals surface area contributed by atoms with Crippen molar-refractivity contribution in [3.05, 3.63) is 108 Å². The van der Waals surface area contributed by atoms with Crippen LogP contribution in [0.25, 0.3) is 5.69 Å². The Bertz CT molecular complexity index is 1130. The van der Waals surface area contributed by atoms with E-state index in [4.69, 9.17) is 0 Å². The lowest BCUT2D eigenvalue weighted by Crippen LogP contribution is -2.49. The van der Waals surface area contributed by atoms with Crippen LogP contribution in [0.3, 0.4) is 0 Å².